The van der Waals surface area contributed by atoms with Crippen LogP contribution in [0.15, 0.2) is 18.2 Å². The van der Waals surface area contributed by atoms with E-state index in [0.717, 1.165) is 25.7 Å². The van der Waals surface area contributed by atoms with Gasteiger partial charge in [0.2, 0.25) is 0 Å². The molecule has 1 aromatic rings. The largest absolute Gasteiger partial charge is 0.478 e. The second-order valence-corrected chi connectivity index (χ2v) is 5.59. The fourth-order valence-electron chi connectivity index (χ4n) is 2.77. The predicted molar refractivity (Wildman–Crippen MR) is 82.1 cm³/mol. The van der Waals surface area contributed by atoms with E-state index in [9.17, 15) is 14.7 Å². The number of carboxylic acids is 1. The molecule has 2 N–H and O–H groups in total. The molecule has 1 aromatic carbocycles. The second-order valence-electron chi connectivity index (χ2n) is 5.15. The maximum absolute atomic E-state index is 12.4. The number of hydrogen-bond acceptors (Lipinski definition) is 2. The summed E-state index contributed by atoms with van der Waals surface area (Å²) in [5.41, 5.74) is 0.270. The maximum atomic E-state index is 12.4. The molecule has 1 aliphatic rings. The number of aromatic carboxylic acids is 1. The molecule has 1 saturated carbocycles. The molecular weight excluding hydrogens is 292 g/mol. The van der Waals surface area contributed by atoms with Crippen LogP contribution in [-0.4, -0.2) is 34.6 Å². The van der Waals surface area contributed by atoms with Gasteiger partial charge in [-0.2, -0.15) is 0 Å². The Morgan fingerprint density at radius 3 is 2.62 bits per heavy atom. The predicted octanol–water partition coefficient (Wildman–Crippen LogP) is 3.83. The number of nitrogens with zero attached hydrogens (tertiary/aromatic N) is 1. The number of urea groups is 1. The number of carboxylic acid groups (broad SMARTS) is 1. The monoisotopic (exact) mass is 310 g/mol. The molecule has 21 heavy (non-hydrogen) atoms. The van der Waals surface area contributed by atoms with E-state index in [0.29, 0.717) is 11.6 Å². The highest BCUT2D eigenvalue weighted by atomic mass is 35.5. The average molecular weight is 311 g/mol. The van der Waals surface area contributed by atoms with Gasteiger partial charge in [-0.3, -0.25) is 0 Å². The van der Waals surface area contributed by atoms with E-state index in [1.165, 1.54) is 12.1 Å². The highest BCUT2D eigenvalue weighted by Gasteiger charge is 2.26. The van der Waals surface area contributed by atoms with Crippen LogP contribution in [0, 0.1) is 0 Å². The standard InChI is InChI=1S/C15H19ClN2O3/c1-2-18(11-5-3-4-6-11)15(21)17-13-8-7-10(16)9-12(13)14(19)20/h7-9,11H,2-6H2,1H3,(H,17,21)(H,19,20). The number of halogens is 1. The molecule has 0 radical (unpaired) electrons. The first-order chi connectivity index (χ1) is 10.0. The molecule has 0 unspecified atom stereocenters. The molecule has 0 atom stereocenters. The average Bonchev–Trinajstić information content (AvgIpc) is 2.95. The Morgan fingerprint density at radius 1 is 1.38 bits per heavy atom. The minimum Gasteiger partial charge on any atom is -0.478 e. The van der Waals surface area contributed by atoms with Crippen LogP contribution in [0.1, 0.15) is 43.0 Å². The summed E-state index contributed by atoms with van der Waals surface area (Å²) in [6, 6.07) is 4.41. The molecule has 114 valence electrons. The normalized spacial score (nSPS) is 15.0. The Balaban J connectivity index is 2.16. The van der Waals surface area contributed by atoms with E-state index in [1.54, 1.807) is 11.0 Å². The molecule has 0 bridgehead atoms. The van der Waals surface area contributed by atoms with Crippen LogP contribution in [0.5, 0.6) is 0 Å². The van der Waals surface area contributed by atoms with Crippen LogP contribution < -0.4 is 5.32 Å². The molecule has 1 fully saturated rings. The Bertz CT molecular complexity index is 542. The summed E-state index contributed by atoms with van der Waals surface area (Å²) in [5, 5.41) is 12.2. The second kappa shape index (κ2) is 6.80. The van der Waals surface area contributed by atoms with E-state index in [2.05, 4.69) is 5.32 Å². The zero-order chi connectivity index (χ0) is 15.4. The van der Waals surface area contributed by atoms with Crippen LogP contribution in [0.4, 0.5) is 10.5 Å². The van der Waals surface area contributed by atoms with Gasteiger partial charge in [-0.05, 0) is 38.0 Å². The maximum Gasteiger partial charge on any atom is 0.337 e. The van der Waals surface area contributed by atoms with Gasteiger partial charge in [0, 0.05) is 17.6 Å². The Labute approximate surface area is 128 Å². The van der Waals surface area contributed by atoms with E-state index >= 15 is 0 Å². The molecule has 0 saturated heterocycles. The third-order valence-electron chi connectivity index (χ3n) is 3.82. The van der Waals surface area contributed by atoms with Crippen LogP contribution in [0.25, 0.3) is 0 Å². The van der Waals surface area contributed by atoms with Crippen molar-refractivity contribution < 1.29 is 14.7 Å². The van der Waals surface area contributed by atoms with E-state index in [1.807, 2.05) is 6.92 Å². The molecular formula is C15H19ClN2O3. The fourth-order valence-corrected chi connectivity index (χ4v) is 2.95. The van der Waals surface area contributed by atoms with Crippen molar-refractivity contribution in [3.05, 3.63) is 28.8 Å². The van der Waals surface area contributed by atoms with Crippen LogP contribution >= 0.6 is 11.6 Å². The lowest BCUT2D eigenvalue weighted by atomic mass is 10.1. The third kappa shape index (κ3) is 3.67. The number of amides is 2. The molecule has 0 spiro atoms. The van der Waals surface area contributed by atoms with Gasteiger partial charge in [0.1, 0.15) is 0 Å². The highest BCUT2D eigenvalue weighted by Crippen LogP contribution is 2.25. The topological polar surface area (TPSA) is 69.6 Å². The van der Waals surface area contributed by atoms with Gasteiger partial charge in [0.05, 0.1) is 11.3 Å². The zero-order valence-electron chi connectivity index (χ0n) is 11.9. The number of anilines is 1. The molecule has 6 heteroatoms. The summed E-state index contributed by atoms with van der Waals surface area (Å²) in [6.07, 6.45) is 4.28. The number of carbonyl (C=O) groups is 2. The first-order valence-corrected chi connectivity index (χ1v) is 7.51. The summed E-state index contributed by atoms with van der Waals surface area (Å²) >= 11 is 5.80. The van der Waals surface area contributed by atoms with E-state index in [-0.39, 0.29) is 23.3 Å². The Morgan fingerprint density at radius 2 is 2.05 bits per heavy atom. The summed E-state index contributed by atoms with van der Waals surface area (Å²) in [6.45, 7) is 2.53. The van der Waals surface area contributed by atoms with Crippen LogP contribution in [-0.2, 0) is 0 Å². The number of nitrogens with one attached hydrogen (secondary N) is 1. The SMILES string of the molecule is CCN(C(=O)Nc1ccc(Cl)cc1C(=O)O)C1CCCC1. The summed E-state index contributed by atoms with van der Waals surface area (Å²) in [7, 11) is 0. The molecule has 2 rings (SSSR count). The quantitative estimate of drug-likeness (QED) is 0.887. The molecule has 0 aliphatic heterocycles. The third-order valence-corrected chi connectivity index (χ3v) is 4.06. The highest BCUT2D eigenvalue weighted by molar-refractivity contribution is 6.31. The van der Waals surface area contributed by atoms with Gasteiger partial charge in [0.25, 0.3) is 0 Å². The lowest BCUT2D eigenvalue weighted by molar-refractivity contribution is 0.0698. The summed E-state index contributed by atoms with van der Waals surface area (Å²) in [4.78, 5) is 25.4. The van der Waals surface area contributed by atoms with Crippen molar-refractivity contribution in [3.8, 4) is 0 Å². The number of hydrogen-bond donors (Lipinski definition) is 2. The first-order valence-electron chi connectivity index (χ1n) is 7.13. The zero-order valence-corrected chi connectivity index (χ0v) is 12.7. The smallest absolute Gasteiger partial charge is 0.337 e. The van der Waals surface area contributed by atoms with Gasteiger partial charge in [-0.1, -0.05) is 24.4 Å². The minimum absolute atomic E-state index is 0.00155. The van der Waals surface area contributed by atoms with Crippen molar-refractivity contribution in [2.75, 3.05) is 11.9 Å². The minimum atomic E-state index is -1.11. The van der Waals surface area contributed by atoms with Crippen LogP contribution in [0.3, 0.4) is 0 Å². The van der Waals surface area contributed by atoms with Crippen molar-refractivity contribution in [3.63, 3.8) is 0 Å². The van der Waals surface area contributed by atoms with Crippen molar-refractivity contribution in [2.24, 2.45) is 0 Å². The molecule has 0 aromatic heterocycles. The van der Waals surface area contributed by atoms with Crippen molar-refractivity contribution >= 4 is 29.3 Å². The summed E-state index contributed by atoms with van der Waals surface area (Å²) in [5.74, 6) is -1.11. The molecule has 1 aliphatic carbocycles. The summed E-state index contributed by atoms with van der Waals surface area (Å²) < 4.78 is 0. The lowest BCUT2D eigenvalue weighted by Gasteiger charge is -2.28. The van der Waals surface area contributed by atoms with Gasteiger partial charge in [-0.25, -0.2) is 9.59 Å². The van der Waals surface area contributed by atoms with Gasteiger partial charge >= 0.3 is 12.0 Å². The van der Waals surface area contributed by atoms with Crippen molar-refractivity contribution in [2.45, 2.75) is 38.6 Å². The number of rotatable bonds is 4. The Kier molecular flexibility index (Phi) is 5.07. The van der Waals surface area contributed by atoms with E-state index < -0.39 is 5.97 Å². The Hall–Kier alpha value is -1.75. The van der Waals surface area contributed by atoms with Gasteiger partial charge < -0.3 is 15.3 Å². The van der Waals surface area contributed by atoms with Gasteiger partial charge in [0.15, 0.2) is 0 Å². The van der Waals surface area contributed by atoms with Crippen molar-refractivity contribution in [1.82, 2.24) is 4.90 Å². The molecule has 5 nitrogen and oxygen atoms in total. The fraction of sp³-hybridized carbons (Fsp3) is 0.467. The number of benzene rings is 1. The van der Waals surface area contributed by atoms with Crippen LogP contribution in [0.2, 0.25) is 5.02 Å². The lowest BCUT2D eigenvalue weighted by Crippen LogP contribution is -2.41. The van der Waals surface area contributed by atoms with Crippen molar-refractivity contribution in [1.29, 1.82) is 0 Å². The molecule has 2 amide bonds. The number of carbonyl (C=O) groups excluding carboxylic acids is 1. The first kappa shape index (κ1) is 15.6. The van der Waals surface area contributed by atoms with E-state index in [4.69, 9.17) is 11.6 Å². The molecule has 0 heterocycles. The van der Waals surface area contributed by atoms with Gasteiger partial charge in [-0.15, -0.1) is 0 Å².